The predicted octanol–water partition coefficient (Wildman–Crippen LogP) is 6.63. The van der Waals surface area contributed by atoms with Crippen molar-refractivity contribution in [2.45, 2.75) is 0 Å². The van der Waals surface area contributed by atoms with E-state index < -0.39 is 0 Å². The lowest BCUT2D eigenvalue weighted by molar-refractivity contribution is 0.0997. The largest absolute Gasteiger partial charge is 0.451 e. The SMILES string of the molecule is O=C(Nc1nc(-c2ccc(Cl)cc2)cs1)c1ccc(-c2ccc(Cl)cc2)o1. The Balaban J connectivity index is 1.48. The molecule has 0 fully saturated rings. The summed E-state index contributed by atoms with van der Waals surface area (Å²) in [6.45, 7) is 0. The summed E-state index contributed by atoms with van der Waals surface area (Å²) in [5, 5.41) is 6.44. The number of benzene rings is 2. The molecule has 27 heavy (non-hydrogen) atoms. The quantitative estimate of drug-likeness (QED) is 0.407. The number of rotatable bonds is 4. The first-order chi connectivity index (χ1) is 13.1. The number of carbonyl (C=O) groups excluding carboxylic acids is 1. The molecule has 0 aliphatic heterocycles. The summed E-state index contributed by atoms with van der Waals surface area (Å²) in [5.41, 5.74) is 2.55. The van der Waals surface area contributed by atoms with Gasteiger partial charge in [-0.25, -0.2) is 4.98 Å². The number of aromatic nitrogens is 1. The highest BCUT2D eigenvalue weighted by Gasteiger charge is 2.14. The van der Waals surface area contributed by atoms with Gasteiger partial charge in [-0.1, -0.05) is 35.3 Å². The lowest BCUT2D eigenvalue weighted by Gasteiger charge is -2.00. The maximum atomic E-state index is 12.4. The fourth-order valence-corrected chi connectivity index (χ4v) is 3.44. The number of nitrogens with zero attached hydrogens (tertiary/aromatic N) is 1. The normalized spacial score (nSPS) is 10.7. The van der Waals surface area contributed by atoms with Crippen molar-refractivity contribution < 1.29 is 9.21 Å². The summed E-state index contributed by atoms with van der Waals surface area (Å²) >= 11 is 13.1. The highest BCUT2D eigenvalue weighted by molar-refractivity contribution is 7.14. The van der Waals surface area contributed by atoms with Crippen LogP contribution in [0.4, 0.5) is 5.13 Å². The first-order valence-corrected chi connectivity index (χ1v) is 9.61. The first-order valence-electron chi connectivity index (χ1n) is 7.97. The molecular weight excluding hydrogens is 403 g/mol. The van der Waals surface area contributed by atoms with Crippen molar-refractivity contribution >= 4 is 45.6 Å². The minimum atomic E-state index is -0.354. The summed E-state index contributed by atoms with van der Waals surface area (Å²) in [6.07, 6.45) is 0. The van der Waals surface area contributed by atoms with E-state index in [1.807, 2.05) is 29.6 Å². The summed E-state index contributed by atoms with van der Waals surface area (Å²) in [5.74, 6) is 0.452. The molecule has 0 aliphatic carbocycles. The third-order valence-corrected chi connectivity index (χ3v) is 5.08. The number of amides is 1. The smallest absolute Gasteiger partial charge is 0.293 e. The van der Waals surface area contributed by atoms with Gasteiger partial charge in [0.25, 0.3) is 5.91 Å². The van der Waals surface area contributed by atoms with Gasteiger partial charge in [0.1, 0.15) is 5.76 Å². The maximum absolute atomic E-state index is 12.4. The second kappa shape index (κ2) is 7.56. The van der Waals surface area contributed by atoms with Crippen LogP contribution in [0.3, 0.4) is 0 Å². The summed E-state index contributed by atoms with van der Waals surface area (Å²) in [7, 11) is 0. The number of hydrogen-bond acceptors (Lipinski definition) is 4. The molecule has 1 amide bonds. The van der Waals surface area contributed by atoms with Gasteiger partial charge in [0.05, 0.1) is 5.69 Å². The minimum Gasteiger partial charge on any atom is -0.451 e. The summed E-state index contributed by atoms with van der Waals surface area (Å²) in [4.78, 5) is 16.9. The van der Waals surface area contributed by atoms with Crippen LogP contribution in [-0.2, 0) is 0 Å². The lowest BCUT2D eigenvalue weighted by Crippen LogP contribution is -2.10. The number of furan rings is 1. The van der Waals surface area contributed by atoms with Gasteiger partial charge in [-0.3, -0.25) is 10.1 Å². The molecule has 0 atom stereocenters. The zero-order chi connectivity index (χ0) is 18.8. The lowest BCUT2D eigenvalue weighted by atomic mass is 10.2. The van der Waals surface area contributed by atoms with E-state index in [0.29, 0.717) is 20.9 Å². The molecular formula is C20H12Cl2N2O2S. The van der Waals surface area contributed by atoms with Crippen molar-refractivity contribution in [2.24, 2.45) is 0 Å². The number of carbonyl (C=O) groups is 1. The average molecular weight is 415 g/mol. The van der Waals surface area contributed by atoms with Gasteiger partial charge >= 0.3 is 0 Å². The summed E-state index contributed by atoms with van der Waals surface area (Å²) < 4.78 is 5.66. The van der Waals surface area contributed by atoms with Crippen molar-refractivity contribution in [3.05, 3.63) is 81.8 Å². The van der Waals surface area contributed by atoms with Gasteiger partial charge in [0, 0.05) is 26.6 Å². The van der Waals surface area contributed by atoms with E-state index in [-0.39, 0.29) is 11.7 Å². The van der Waals surface area contributed by atoms with Gasteiger partial charge in [-0.05, 0) is 48.5 Å². The van der Waals surface area contributed by atoms with Crippen LogP contribution in [-0.4, -0.2) is 10.9 Å². The molecule has 0 unspecified atom stereocenters. The average Bonchev–Trinajstić information content (AvgIpc) is 3.33. The van der Waals surface area contributed by atoms with Crippen LogP contribution < -0.4 is 5.32 Å². The van der Waals surface area contributed by atoms with Gasteiger partial charge in [-0.2, -0.15) is 0 Å². The van der Waals surface area contributed by atoms with Crippen molar-refractivity contribution in [1.29, 1.82) is 0 Å². The number of anilines is 1. The van der Waals surface area contributed by atoms with Crippen LogP contribution in [0.25, 0.3) is 22.6 Å². The molecule has 0 aliphatic rings. The highest BCUT2D eigenvalue weighted by atomic mass is 35.5. The topological polar surface area (TPSA) is 55.1 Å². The molecule has 134 valence electrons. The third-order valence-electron chi connectivity index (χ3n) is 3.82. The second-order valence-corrected chi connectivity index (χ2v) is 7.40. The van der Waals surface area contributed by atoms with Crippen LogP contribution in [0.2, 0.25) is 10.0 Å². The van der Waals surface area contributed by atoms with E-state index in [0.717, 1.165) is 16.8 Å². The van der Waals surface area contributed by atoms with E-state index in [2.05, 4.69) is 10.3 Å². The molecule has 0 saturated heterocycles. The van der Waals surface area contributed by atoms with Crippen molar-refractivity contribution in [3.8, 4) is 22.6 Å². The monoisotopic (exact) mass is 414 g/mol. The molecule has 4 aromatic rings. The Labute approximate surface area is 169 Å². The predicted molar refractivity (Wildman–Crippen MR) is 110 cm³/mol. The number of thiazole rings is 1. The van der Waals surface area contributed by atoms with Crippen LogP contribution in [0.5, 0.6) is 0 Å². The van der Waals surface area contributed by atoms with Crippen molar-refractivity contribution in [1.82, 2.24) is 4.98 Å². The van der Waals surface area contributed by atoms with Crippen molar-refractivity contribution in [3.63, 3.8) is 0 Å². The molecule has 0 saturated carbocycles. The Bertz CT molecular complexity index is 1090. The third kappa shape index (κ3) is 4.06. The van der Waals surface area contributed by atoms with E-state index in [4.69, 9.17) is 27.6 Å². The minimum absolute atomic E-state index is 0.211. The molecule has 2 aromatic heterocycles. The Morgan fingerprint density at radius 1 is 0.889 bits per heavy atom. The molecule has 0 spiro atoms. The molecule has 2 heterocycles. The Kier molecular flexibility index (Phi) is 4.99. The highest BCUT2D eigenvalue weighted by Crippen LogP contribution is 2.27. The van der Waals surface area contributed by atoms with Crippen molar-refractivity contribution in [2.75, 3.05) is 5.32 Å². The maximum Gasteiger partial charge on any atom is 0.293 e. The Morgan fingerprint density at radius 2 is 1.52 bits per heavy atom. The van der Waals surface area contributed by atoms with E-state index in [1.165, 1.54) is 11.3 Å². The van der Waals surface area contributed by atoms with Crippen LogP contribution in [0.15, 0.2) is 70.5 Å². The Hall–Kier alpha value is -2.60. The van der Waals surface area contributed by atoms with E-state index in [1.54, 1.807) is 36.4 Å². The molecule has 0 radical (unpaired) electrons. The van der Waals surface area contributed by atoms with Gasteiger partial charge in [-0.15, -0.1) is 11.3 Å². The fourth-order valence-electron chi connectivity index (χ4n) is 2.47. The zero-order valence-electron chi connectivity index (χ0n) is 13.8. The van der Waals surface area contributed by atoms with Crippen LogP contribution in [0.1, 0.15) is 10.6 Å². The molecule has 0 bridgehead atoms. The number of halogens is 2. The molecule has 2 aromatic carbocycles. The molecule has 4 nitrogen and oxygen atoms in total. The van der Waals surface area contributed by atoms with Gasteiger partial charge in [0.15, 0.2) is 10.9 Å². The van der Waals surface area contributed by atoms with Crippen LogP contribution in [0, 0.1) is 0 Å². The fraction of sp³-hybridized carbons (Fsp3) is 0. The van der Waals surface area contributed by atoms with Gasteiger partial charge < -0.3 is 4.42 Å². The van der Waals surface area contributed by atoms with E-state index >= 15 is 0 Å². The number of hydrogen-bond donors (Lipinski definition) is 1. The Morgan fingerprint density at radius 3 is 2.19 bits per heavy atom. The number of nitrogens with one attached hydrogen (secondary N) is 1. The molecule has 1 N–H and O–H groups in total. The standard InChI is InChI=1S/C20H12Cl2N2O2S/c21-14-5-1-12(2-6-14)16-11-27-20(23-16)24-19(25)18-10-9-17(26-18)13-3-7-15(22)8-4-13/h1-11H,(H,23,24,25). The molecule has 4 rings (SSSR count). The van der Waals surface area contributed by atoms with Gasteiger partial charge in [0.2, 0.25) is 0 Å². The summed E-state index contributed by atoms with van der Waals surface area (Å²) in [6, 6.07) is 18.0. The molecule has 7 heteroatoms. The zero-order valence-corrected chi connectivity index (χ0v) is 16.1. The van der Waals surface area contributed by atoms with Crippen LogP contribution >= 0.6 is 34.5 Å². The second-order valence-electron chi connectivity index (χ2n) is 5.67. The van der Waals surface area contributed by atoms with E-state index in [9.17, 15) is 4.79 Å². The first kappa shape index (κ1) is 17.8.